The van der Waals surface area contributed by atoms with Crippen LogP contribution in [0.4, 0.5) is 0 Å². The summed E-state index contributed by atoms with van der Waals surface area (Å²) in [5.41, 5.74) is 1.23. The molecule has 0 bridgehead atoms. The minimum Gasteiger partial charge on any atom is -0.508 e. The first kappa shape index (κ1) is 27.4. The number of rotatable bonds is 6. The van der Waals surface area contributed by atoms with Gasteiger partial charge in [0.1, 0.15) is 17.5 Å². The smallest absolute Gasteiger partial charge is 0.326 e. The molecule has 4 aromatic rings. The van der Waals surface area contributed by atoms with Crippen molar-refractivity contribution in [2.45, 2.75) is 17.4 Å². The molecule has 0 saturated carbocycles. The average Bonchev–Trinajstić information content (AvgIpc) is 3.25. The van der Waals surface area contributed by atoms with E-state index < -0.39 is 27.8 Å². The second-order valence-electron chi connectivity index (χ2n) is 8.24. The monoisotopic (exact) mass is 588 g/mol. The number of aliphatic carboxylic acids is 1. The number of hydrogen-bond donors (Lipinski definition) is 3. The van der Waals surface area contributed by atoms with Crippen LogP contribution in [-0.4, -0.2) is 47.2 Å². The zero-order chi connectivity index (χ0) is 27.6. The van der Waals surface area contributed by atoms with E-state index in [2.05, 4.69) is 21.5 Å². The molecular weight excluding hydrogens is 571 g/mol. The minimum absolute atomic E-state index is 0.00359. The van der Waals surface area contributed by atoms with E-state index in [0.717, 1.165) is 17.8 Å². The number of carbonyl (C=O) groups excluding carboxylic acids is 1. The van der Waals surface area contributed by atoms with Crippen molar-refractivity contribution < 1.29 is 28.2 Å². The van der Waals surface area contributed by atoms with Crippen molar-refractivity contribution in [3.05, 3.63) is 87.0 Å². The number of carboxylic acids is 1. The summed E-state index contributed by atoms with van der Waals surface area (Å²) in [5, 5.41) is 22.2. The molecular formula is C26H18Cl2N2O6S2. The lowest BCUT2D eigenvalue weighted by molar-refractivity contribution is -0.139. The normalized spacial score (nSPS) is 12.0. The maximum Gasteiger partial charge on any atom is 0.326 e. The Balaban J connectivity index is 1.62. The van der Waals surface area contributed by atoms with Gasteiger partial charge in [-0.05, 0) is 59.4 Å². The molecule has 0 saturated heterocycles. The molecule has 0 radical (unpaired) electrons. The average molecular weight is 589 g/mol. The highest BCUT2D eigenvalue weighted by Crippen LogP contribution is 2.37. The standard InChI is InChI=1S/C26H18Cl2N2O6S2/c1-38(35,36)17-7-3-5-15(11-17)12-21(26(33)34)29-25(32)22-19(27)13-18-20(30-37-24(18)23(22)28)9-8-14-4-2-6-16(31)10-14/h2-7,10-11,13,21,31H,12H2,1H3,(H,29,32)(H,33,34)/t21-/m0/s1. The maximum absolute atomic E-state index is 13.1. The van der Waals surface area contributed by atoms with Crippen LogP contribution >= 0.6 is 34.7 Å². The van der Waals surface area contributed by atoms with Gasteiger partial charge in [0.25, 0.3) is 5.91 Å². The van der Waals surface area contributed by atoms with Gasteiger partial charge >= 0.3 is 5.97 Å². The highest BCUT2D eigenvalue weighted by Gasteiger charge is 2.26. The fourth-order valence-electron chi connectivity index (χ4n) is 3.59. The Kier molecular flexibility index (Phi) is 7.94. The summed E-state index contributed by atoms with van der Waals surface area (Å²) in [7, 11) is -3.49. The molecule has 3 aromatic carbocycles. The number of fused-ring (bicyclic) bond motifs is 1. The lowest BCUT2D eigenvalue weighted by Gasteiger charge is -2.16. The summed E-state index contributed by atoms with van der Waals surface area (Å²) < 4.78 is 28.4. The molecule has 0 aliphatic carbocycles. The summed E-state index contributed by atoms with van der Waals surface area (Å²) >= 11 is 13.9. The van der Waals surface area contributed by atoms with E-state index in [-0.39, 0.29) is 32.7 Å². The predicted molar refractivity (Wildman–Crippen MR) is 146 cm³/mol. The van der Waals surface area contributed by atoms with E-state index >= 15 is 0 Å². The Hall–Kier alpha value is -3.62. The largest absolute Gasteiger partial charge is 0.508 e. The molecule has 1 atom stereocenters. The third-order valence-electron chi connectivity index (χ3n) is 5.42. The number of phenolic OH excluding ortho intramolecular Hbond substituents is 1. The second-order valence-corrected chi connectivity index (χ2v) is 11.8. The fourth-order valence-corrected chi connectivity index (χ4v) is 5.77. The number of nitrogens with one attached hydrogen (secondary N) is 1. The van der Waals surface area contributed by atoms with Gasteiger partial charge in [-0.15, -0.1) is 0 Å². The number of hydrogen-bond acceptors (Lipinski definition) is 7. The Bertz CT molecular complexity index is 1760. The molecule has 38 heavy (non-hydrogen) atoms. The quantitative estimate of drug-likeness (QED) is 0.281. The van der Waals surface area contributed by atoms with Crippen molar-refractivity contribution in [2.24, 2.45) is 0 Å². The van der Waals surface area contributed by atoms with Crippen molar-refractivity contribution in [3.8, 4) is 17.6 Å². The molecule has 1 amide bonds. The van der Waals surface area contributed by atoms with Gasteiger partial charge in [0.2, 0.25) is 0 Å². The van der Waals surface area contributed by atoms with Crippen LogP contribution in [0.15, 0.2) is 59.5 Å². The van der Waals surface area contributed by atoms with Crippen molar-refractivity contribution in [3.63, 3.8) is 0 Å². The predicted octanol–water partition coefficient (Wildman–Crippen LogP) is 4.54. The van der Waals surface area contributed by atoms with E-state index in [1.165, 1.54) is 36.4 Å². The topological polar surface area (TPSA) is 134 Å². The number of benzene rings is 3. The van der Waals surface area contributed by atoms with E-state index in [1.54, 1.807) is 18.2 Å². The second kappa shape index (κ2) is 11.0. The van der Waals surface area contributed by atoms with Crippen LogP contribution in [0.2, 0.25) is 10.0 Å². The summed E-state index contributed by atoms with van der Waals surface area (Å²) in [6, 6.07) is 12.3. The highest BCUT2D eigenvalue weighted by molar-refractivity contribution is 7.90. The molecule has 0 aliphatic rings. The first-order valence-electron chi connectivity index (χ1n) is 10.8. The fraction of sp³-hybridized carbons (Fsp3) is 0.115. The number of aromatic hydroxyl groups is 1. The number of carbonyl (C=O) groups is 2. The molecule has 1 heterocycles. The molecule has 0 spiro atoms. The van der Waals surface area contributed by atoms with Gasteiger partial charge in [0, 0.05) is 23.6 Å². The van der Waals surface area contributed by atoms with Gasteiger partial charge in [-0.25, -0.2) is 13.2 Å². The molecule has 0 fully saturated rings. The first-order chi connectivity index (χ1) is 17.9. The van der Waals surface area contributed by atoms with E-state index in [9.17, 15) is 28.2 Å². The molecule has 4 rings (SSSR count). The Morgan fingerprint density at radius 1 is 1.11 bits per heavy atom. The molecule has 12 heteroatoms. The van der Waals surface area contributed by atoms with Crippen LogP contribution in [0, 0.1) is 11.8 Å². The number of sulfone groups is 1. The van der Waals surface area contributed by atoms with Gasteiger partial charge < -0.3 is 15.5 Å². The van der Waals surface area contributed by atoms with Crippen molar-refractivity contribution >= 4 is 66.5 Å². The van der Waals surface area contributed by atoms with Gasteiger partial charge in [0.05, 0.1) is 25.2 Å². The lowest BCUT2D eigenvalue weighted by atomic mass is 10.0. The van der Waals surface area contributed by atoms with Gasteiger partial charge in [-0.2, -0.15) is 4.37 Å². The lowest BCUT2D eigenvalue weighted by Crippen LogP contribution is -2.42. The van der Waals surface area contributed by atoms with Crippen LogP contribution in [0.25, 0.3) is 10.1 Å². The zero-order valence-corrected chi connectivity index (χ0v) is 22.7. The van der Waals surface area contributed by atoms with Crippen LogP contribution in [0.5, 0.6) is 5.75 Å². The van der Waals surface area contributed by atoms with E-state index in [0.29, 0.717) is 26.9 Å². The van der Waals surface area contributed by atoms with Crippen molar-refractivity contribution in [1.29, 1.82) is 0 Å². The summed E-state index contributed by atoms with van der Waals surface area (Å²) in [6.07, 6.45) is 0.878. The summed E-state index contributed by atoms with van der Waals surface area (Å²) in [5.74, 6) is 3.74. The SMILES string of the molecule is CS(=O)(=O)c1cccc(C[C@H](NC(=O)c2c(Cl)cc3c(C#Cc4cccc(O)c4)nsc3c2Cl)C(=O)O)c1. The van der Waals surface area contributed by atoms with Crippen LogP contribution in [0.1, 0.15) is 27.2 Å². The van der Waals surface area contributed by atoms with Gasteiger partial charge in [0.15, 0.2) is 9.84 Å². The summed E-state index contributed by atoms with van der Waals surface area (Å²) in [4.78, 5) is 25.1. The Morgan fingerprint density at radius 3 is 2.53 bits per heavy atom. The number of nitrogens with zero attached hydrogens (tertiary/aromatic N) is 1. The van der Waals surface area contributed by atoms with Gasteiger partial charge in [-0.1, -0.05) is 47.3 Å². The number of phenols is 1. The molecule has 3 N–H and O–H groups in total. The van der Waals surface area contributed by atoms with E-state index in [4.69, 9.17) is 23.2 Å². The molecule has 0 unspecified atom stereocenters. The van der Waals surface area contributed by atoms with Crippen LogP contribution < -0.4 is 5.32 Å². The number of aromatic nitrogens is 1. The highest BCUT2D eigenvalue weighted by atomic mass is 35.5. The van der Waals surface area contributed by atoms with Crippen LogP contribution in [0.3, 0.4) is 0 Å². The molecule has 8 nitrogen and oxygen atoms in total. The maximum atomic E-state index is 13.1. The first-order valence-corrected chi connectivity index (χ1v) is 14.3. The van der Waals surface area contributed by atoms with Gasteiger partial charge in [-0.3, -0.25) is 4.79 Å². The van der Waals surface area contributed by atoms with Crippen LogP contribution in [-0.2, 0) is 21.1 Å². The third kappa shape index (κ3) is 6.09. The number of halogens is 2. The van der Waals surface area contributed by atoms with Crippen molar-refractivity contribution in [1.82, 2.24) is 9.69 Å². The van der Waals surface area contributed by atoms with E-state index in [1.807, 2.05) is 0 Å². The number of carboxylic acid groups (broad SMARTS) is 1. The minimum atomic E-state index is -3.49. The molecule has 194 valence electrons. The Morgan fingerprint density at radius 2 is 1.84 bits per heavy atom. The zero-order valence-electron chi connectivity index (χ0n) is 19.5. The van der Waals surface area contributed by atoms with Crippen molar-refractivity contribution in [2.75, 3.05) is 6.26 Å². The summed E-state index contributed by atoms with van der Waals surface area (Å²) in [6.45, 7) is 0. The Labute approximate surface area is 231 Å². The molecule has 0 aliphatic heterocycles. The third-order valence-corrected chi connectivity index (χ3v) is 8.20. The number of amides is 1. The molecule has 1 aromatic heterocycles.